The lowest BCUT2D eigenvalue weighted by atomic mass is 10.1. The van der Waals surface area contributed by atoms with Crippen LogP contribution >= 0.6 is 11.6 Å². The number of para-hydroxylation sites is 1. The fraction of sp³-hybridized carbons (Fsp3) is 0.273. The molecule has 0 aliphatic rings. The number of pyridine rings is 1. The number of ether oxygens (including phenoxy) is 2. The zero-order valence-corrected chi connectivity index (χ0v) is 16.7. The number of carbonyl (C=O) groups is 1. The lowest BCUT2D eigenvalue weighted by molar-refractivity contribution is -0.122. The van der Waals surface area contributed by atoms with E-state index in [0.717, 1.165) is 23.7 Å². The number of hydrogen-bond donors (Lipinski definition) is 1. The third-order valence-electron chi connectivity index (χ3n) is 4.26. The van der Waals surface area contributed by atoms with Gasteiger partial charge in [-0.25, -0.2) is 0 Å². The van der Waals surface area contributed by atoms with E-state index in [-0.39, 0.29) is 5.91 Å². The van der Waals surface area contributed by atoms with Crippen molar-refractivity contribution in [1.29, 1.82) is 0 Å². The monoisotopic (exact) mass is 398 g/mol. The number of hydrogen-bond acceptors (Lipinski definition) is 4. The normalized spacial score (nSPS) is 11.8. The van der Waals surface area contributed by atoms with Crippen LogP contribution in [0.4, 0.5) is 5.69 Å². The summed E-state index contributed by atoms with van der Waals surface area (Å²) in [6.07, 6.45) is 3.03. The Kier molecular flexibility index (Phi) is 6.71. The van der Waals surface area contributed by atoms with Gasteiger partial charge in [-0.05, 0) is 49.7 Å². The molecule has 1 heterocycles. The van der Waals surface area contributed by atoms with Gasteiger partial charge in [-0.15, -0.1) is 0 Å². The number of rotatable bonds is 8. The first-order chi connectivity index (χ1) is 13.6. The van der Waals surface area contributed by atoms with Crippen molar-refractivity contribution in [1.82, 2.24) is 4.98 Å². The van der Waals surface area contributed by atoms with E-state index in [9.17, 15) is 4.79 Å². The average Bonchev–Trinajstić information content (AvgIpc) is 2.71. The summed E-state index contributed by atoms with van der Waals surface area (Å²) < 4.78 is 11.5. The molecule has 28 heavy (non-hydrogen) atoms. The second-order valence-electron chi connectivity index (χ2n) is 6.39. The molecule has 1 aromatic heterocycles. The average molecular weight is 399 g/mol. The molecule has 3 aromatic rings. The minimum absolute atomic E-state index is 0.273. The van der Waals surface area contributed by atoms with Crippen molar-refractivity contribution in [3.8, 4) is 11.5 Å². The number of nitrogens with one attached hydrogen (secondary N) is 1. The Hall–Kier alpha value is -2.79. The van der Waals surface area contributed by atoms with E-state index in [2.05, 4.69) is 17.2 Å². The molecule has 0 radical (unpaired) electrons. The molecule has 0 aliphatic heterocycles. The van der Waals surface area contributed by atoms with Gasteiger partial charge in [-0.1, -0.05) is 37.1 Å². The van der Waals surface area contributed by atoms with Crippen LogP contribution in [-0.2, 0) is 4.79 Å². The molecule has 0 fully saturated rings. The summed E-state index contributed by atoms with van der Waals surface area (Å²) in [5, 5.41) is 4.19. The highest BCUT2D eigenvalue weighted by molar-refractivity contribution is 6.32. The van der Waals surface area contributed by atoms with Crippen molar-refractivity contribution in [2.75, 3.05) is 11.9 Å². The van der Waals surface area contributed by atoms with Crippen LogP contribution < -0.4 is 14.8 Å². The van der Waals surface area contributed by atoms with Gasteiger partial charge in [0, 0.05) is 11.6 Å². The van der Waals surface area contributed by atoms with Crippen molar-refractivity contribution in [2.24, 2.45) is 0 Å². The van der Waals surface area contributed by atoms with Crippen LogP contribution in [0.2, 0.25) is 5.02 Å². The second-order valence-corrected chi connectivity index (χ2v) is 6.80. The molecule has 1 amide bonds. The van der Waals surface area contributed by atoms with Gasteiger partial charge in [-0.3, -0.25) is 9.78 Å². The quantitative estimate of drug-likeness (QED) is 0.511. The highest BCUT2D eigenvalue weighted by Gasteiger charge is 2.18. The van der Waals surface area contributed by atoms with Crippen molar-refractivity contribution in [2.45, 2.75) is 32.8 Å². The third kappa shape index (κ3) is 4.73. The van der Waals surface area contributed by atoms with Gasteiger partial charge in [0.1, 0.15) is 17.0 Å². The number of halogens is 1. The van der Waals surface area contributed by atoms with E-state index in [1.54, 1.807) is 25.3 Å². The molecule has 6 heteroatoms. The van der Waals surface area contributed by atoms with Crippen LogP contribution in [0.1, 0.15) is 26.7 Å². The molecule has 1 N–H and O–H groups in total. The number of anilines is 1. The molecule has 0 saturated heterocycles. The Morgan fingerprint density at radius 2 is 1.96 bits per heavy atom. The fourth-order valence-electron chi connectivity index (χ4n) is 2.72. The lowest BCUT2D eigenvalue weighted by Crippen LogP contribution is -2.30. The molecule has 1 atom stereocenters. The summed E-state index contributed by atoms with van der Waals surface area (Å²) in [7, 11) is 0. The fourth-order valence-corrected chi connectivity index (χ4v) is 2.90. The van der Waals surface area contributed by atoms with E-state index in [1.807, 2.05) is 36.4 Å². The van der Waals surface area contributed by atoms with E-state index in [0.29, 0.717) is 28.8 Å². The van der Waals surface area contributed by atoms with E-state index in [4.69, 9.17) is 21.1 Å². The molecule has 2 aromatic carbocycles. The van der Waals surface area contributed by atoms with Gasteiger partial charge < -0.3 is 14.8 Å². The smallest absolute Gasteiger partial charge is 0.265 e. The van der Waals surface area contributed by atoms with E-state index < -0.39 is 6.10 Å². The van der Waals surface area contributed by atoms with Crippen molar-refractivity contribution < 1.29 is 14.3 Å². The zero-order chi connectivity index (χ0) is 19.9. The van der Waals surface area contributed by atoms with Crippen LogP contribution in [0.3, 0.4) is 0 Å². The minimum Gasteiger partial charge on any atom is -0.491 e. The summed E-state index contributed by atoms with van der Waals surface area (Å²) in [5.41, 5.74) is 1.38. The number of carbonyl (C=O) groups excluding carboxylic acids is 1. The maximum absolute atomic E-state index is 12.6. The van der Waals surface area contributed by atoms with Crippen molar-refractivity contribution in [3.05, 3.63) is 59.8 Å². The summed E-state index contributed by atoms with van der Waals surface area (Å²) >= 11 is 6.10. The third-order valence-corrected chi connectivity index (χ3v) is 4.57. The SMILES string of the molecule is CCCCOc1ccc(NC(=O)C(C)Oc2ccccc2Cl)c2cccnc12. The molecule has 5 nitrogen and oxygen atoms in total. The van der Waals surface area contributed by atoms with Crippen molar-refractivity contribution >= 4 is 34.1 Å². The van der Waals surface area contributed by atoms with Gasteiger partial charge in [0.2, 0.25) is 0 Å². The largest absolute Gasteiger partial charge is 0.491 e. The van der Waals surface area contributed by atoms with Crippen LogP contribution in [0.5, 0.6) is 11.5 Å². The second kappa shape index (κ2) is 9.42. The predicted octanol–water partition coefficient (Wildman–Crippen LogP) is 5.47. The van der Waals surface area contributed by atoms with Crippen LogP contribution in [0.25, 0.3) is 10.9 Å². The number of aromatic nitrogens is 1. The highest BCUT2D eigenvalue weighted by atomic mass is 35.5. The van der Waals surface area contributed by atoms with E-state index in [1.165, 1.54) is 0 Å². The summed E-state index contributed by atoms with van der Waals surface area (Å²) in [4.78, 5) is 17.1. The van der Waals surface area contributed by atoms with Crippen LogP contribution in [0, 0.1) is 0 Å². The zero-order valence-electron chi connectivity index (χ0n) is 15.9. The summed E-state index contributed by atoms with van der Waals surface area (Å²) in [5.74, 6) is 0.908. The number of fused-ring (bicyclic) bond motifs is 1. The van der Waals surface area contributed by atoms with Gasteiger partial charge >= 0.3 is 0 Å². The molecule has 0 spiro atoms. The molecule has 0 bridgehead atoms. The molecular weight excluding hydrogens is 376 g/mol. The predicted molar refractivity (Wildman–Crippen MR) is 112 cm³/mol. The first-order valence-electron chi connectivity index (χ1n) is 9.32. The minimum atomic E-state index is -0.716. The Bertz CT molecular complexity index is 961. The molecule has 1 unspecified atom stereocenters. The maximum Gasteiger partial charge on any atom is 0.265 e. The summed E-state index contributed by atoms with van der Waals surface area (Å²) in [6, 6.07) is 14.5. The van der Waals surface area contributed by atoms with Gasteiger partial charge in [0.05, 0.1) is 17.3 Å². The molecule has 146 valence electrons. The number of nitrogens with zero attached hydrogens (tertiary/aromatic N) is 1. The Morgan fingerprint density at radius 1 is 1.14 bits per heavy atom. The number of amides is 1. The van der Waals surface area contributed by atoms with Crippen molar-refractivity contribution in [3.63, 3.8) is 0 Å². The van der Waals surface area contributed by atoms with Gasteiger partial charge in [-0.2, -0.15) is 0 Å². The van der Waals surface area contributed by atoms with Crippen LogP contribution in [-0.4, -0.2) is 23.6 Å². The lowest BCUT2D eigenvalue weighted by Gasteiger charge is -2.17. The maximum atomic E-state index is 12.6. The summed E-state index contributed by atoms with van der Waals surface area (Å²) in [6.45, 7) is 4.43. The molecule has 0 aliphatic carbocycles. The Morgan fingerprint density at radius 3 is 2.75 bits per heavy atom. The number of unbranched alkanes of at least 4 members (excludes halogenated alkanes) is 1. The number of benzene rings is 2. The highest BCUT2D eigenvalue weighted by Crippen LogP contribution is 2.30. The first kappa shape index (κ1) is 20.0. The molecule has 0 saturated carbocycles. The van der Waals surface area contributed by atoms with Gasteiger partial charge in [0.15, 0.2) is 6.10 Å². The first-order valence-corrected chi connectivity index (χ1v) is 9.70. The van der Waals surface area contributed by atoms with Gasteiger partial charge in [0.25, 0.3) is 5.91 Å². The topological polar surface area (TPSA) is 60.5 Å². The van der Waals surface area contributed by atoms with Crippen LogP contribution in [0.15, 0.2) is 54.7 Å². The standard InChI is InChI=1S/C22H23ClN2O3/c1-3-4-14-27-20-12-11-18(16-8-7-13-24-21(16)20)25-22(26)15(2)28-19-10-6-5-9-17(19)23/h5-13,15H,3-4,14H2,1-2H3,(H,25,26). The Balaban J connectivity index is 1.77. The molecular formula is C22H23ClN2O3. The van der Waals surface area contributed by atoms with E-state index >= 15 is 0 Å². The molecule has 3 rings (SSSR count). The Labute approximate surface area is 169 Å².